The van der Waals surface area contributed by atoms with E-state index in [-0.39, 0.29) is 6.10 Å². The Morgan fingerprint density at radius 3 is 2.76 bits per heavy atom. The van der Waals surface area contributed by atoms with E-state index in [2.05, 4.69) is 17.1 Å². The highest BCUT2D eigenvalue weighted by Crippen LogP contribution is 2.37. The van der Waals surface area contributed by atoms with Crippen molar-refractivity contribution in [3.8, 4) is 0 Å². The average molecular weight is 352 g/mol. The number of hydrogen-bond acceptors (Lipinski definition) is 3. The zero-order valence-electron chi connectivity index (χ0n) is 16.0. The van der Waals surface area contributed by atoms with Gasteiger partial charge in [0.15, 0.2) is 5.96 Å². The van der Waals surface area contributed by atoms with E-state index in [1.54, 1.807) is 0 Å². The van der Waals surface area contributed by atoms with Crippen molar-refractivity contribution in [3.05, 3.63) is 0 Å². The van der Waals surface area contributed by atoms with Crippen molar-refractivity contribution in [1.29, 1.82) is 0 Å². The van der Waals surface area contributed by atoms with Crippen LogP contribution in [0.25, 0.3) is 0 Å². The minimum Gasteiger partial charge on any atom is -0.391 e. The number of rotatable bonds is 4. The highest BCUT2D eigenvalue weighted by Gasteiger charge is 2.38. The van der Waals surface area contributed by atoms with Crippen LogP contribution in [0, 0.1) is 11.3 Å². The van der Waals surface area contributed by atoms with E-state index in [0.717, 1.165) is 51.6 Å². The van der Waals surface area contributed by atoms with Crippen molar-refractivity contribution >= 4 is 5.96 Å². The molecule has 2 atom stereocenters. The van der Waals surface area contributed by atoms with Crippen LogP contribution in [0.5, 0.6) is 0 Å². The molecular weight excluding hydrogens is 314 g/mol. The van der Waals surface area contributed by atoms with E-state index < -0.39 is 0 Å². The van der Waals surface area contributed by atoms with Gasteiger partial charge in [0.2, 0.25) is 0 Å². The molecule has 5 heteroatoms. The van der Waals surface area contributed by atoms with Crippen LogP contribution in [0.2, 0.25) is 0 Å². The molecule has 3 fully saturated rings. The number of likely N-dealkylation sites (tertiary alicyclic amines) is 1. The van der Waals surface area contributed by atoms with Gasteiger partial charge in [0.05, 0.1) is 19.3 Å². The first-order chi connectivity index (χ1) is 12.2. The van der Waals surface area contributed by atoms with Crippen molar-refractivity contribution in [1.82, 2.24) is 10.2 Å². The molecule has 2 unspecified atom stereocenters. The smallest absolute Gasteiger partial charge is 0.194 e. The van der Waals surface area contributed by atoms with Crippen LogP contribution in [0.15, 0.2) is 4.99 Å². The standard InChI is InChI=1S/C20H37N3O2/c1-2-21-19(22-14-18(24)17-8-4-3-5-9-17)23-12-6-10-20(15-23)11-7-13-25-16-20/h17-18,24H,2-16H2,1H3,(H,21,22). The van der Waals surface area contributed by atoms with Gasteiger partial charge < -0.3 is 20.1 Å². The second-order valence-electron chi connectivity index (χ2n) is 8.34. The number of guanidine groups is 1. The van der Waals surface area contributed by atoms with Crippen LogP contribution >= 0.6 is 0 Å². The number of piperidine rings is 1. The highest BCUT2D eigenvalue weighted by atomic mass is 16.5. The minimum absolute atomic E-state index is 0.286. The first-order valence-corrected chi connectivity index (χ1v) is 10.5. The van der Waals surface area contributed by atoms with Crippen LogP contribution in [0.1, 0.15) is 64.7 Å². The Morgan fingerprint density at radius 2 is 2.04 bits per heavy atom. The van der Waals surface area contributed by atoms with Crippen LogP contribution in [-0.2, 0) is 4.74 Å². The molecule has 2 heterocycles. The number of aliphatic hydroxyl groups excluding tert-OH is 1. The van der Waals surface area contributed by atoms with Crippen LogP contribution in [0.4, 0.5) is 0 Å². The fourth-order valence-electron chi connectivity index (χ4n) is 4.89. The van der Waals surface area contributed by atoms with Crippen molar-refractivity contribution in [3.63, 3.8) is 0 Å². The lowest BCUT2D eigenvalue weighted by atomic mass is 9.76. The predicted octanol–water partition coefficient (Wildman–Crippen LogP) is 2.79. The Balaban J connectivity index is 1.60. The first-order valence-electron chi connectivity index (χ1n) is 10.5. The molecular formula is C20H37N3O2. The van der Waals surface area contributed by atoms with Gasteiger partial charge in [-0.05, 0) is 51.4 Å². The summed E-state index contributed by atoms with van der Waals surface area (Å²) in [5, 5.41) is 14.0. The van der Waals surface area contributed by atoms with Gasteiger partial charge in [0, 0.05) is 31.7 Å². The summed E-state index contributed by atoms with van der Waals surface area (Å²) in [4.78, 5) is 7.24. The summed E-state index contributed by atoms with van der Waals surface area (Å²) in [5.74, 6) is 1.43. The number of nitrogens with zero attached hydrogens (tertiary/aromatic N) is 2. The van der Waals surface area contributed by atoms with Crippen LogP contribution in [0.3, 0.4) is 0 Å². The molecule has 0 aromatic heterocycles. The van der Waals surface area contributed by atoms with Crippen LogP contribution in [-0.4, -0.2) is 61.5 Å². The summed E-state index contributed by atoms with van der Waals surface area (Å²) >= 11 is 0. The van der Waals surface area contributed by atoms with Crippen molar-refractivity contribution in [2.45, 2.75) is 70.8 Å². The van der Waals surface area contributed by atoms with Gasteiger partial charge in [0.25, 0.3) is 0 Å². The molecule has 1 saturated carbocycles. The number of aliphatic hydroxyl groups is 1. The zero-order chi connectivity index (χ0) is 17.5. The summed E-state index contributed by atoms with van der Waals surface area (Å²) in [6, 6.07) is 0. The van der Waals surface area contributed by atoms with E-state index in [9.17, 15) is 5.11 Å². The molecule has 1 spiro atoms. The van der Waals surface area contributed by atoms with Gasteiger partial charge >= 0.3 is 0 Å². The third-order valence-corrected chi connectivity index (χ3v) is 6.32. The first kappa shape index (κ1) is 19.0. The van der Waals surface area contributed by atoms with Gasteiger partial charge in [-0.2, -0.15) is 0 Å². The molecule has 0 bridgehead atoms. The van der Waals surface area contributed by atoms with Crippen molar-refractivity contribution < 1.29 is 9.84 Å². The molecule has 25 heavy (non-hydrogen) atoms. The number of aliphatic imine (C=N–C) groups is 1. The Morgan fingerprint density at radius 1 is 1.24 bits per heavy atom. The minimum atomic E-state index is -0.286. The SMILES string of the molecule is CCNC(=NCC(O)C1CCCCC1)N1CCCC2(CCCOC2)C1. The maximum Gasteiger partial charge on any atom is 0.194 e. The summed E-state index contributed by atoms with van der Waals surface area (Å²) in [6.07, 6.45) is 10.8. The molecule has 2 saturated heterocycles. The third kappa shape index (κ3) is 5.10. The lowest BCUT2D eigenvalue weighted by molar-refractivity contribution is -0.0371. The second-order valence-corrected chi connectivity index (χ2v) is 8.34. The van der Waals surface area contributed by atoms with Gasteiger partial charge in [0.1, 0.15) is 0 Å². The van der Waals surface area contributed by atoms with Gasteiger partial charge in [-0.15, -0.1) is 0 Å². The maximum atomic E-state index is 10.6. The molecule has 1 aliphatic carbocycles. The van der Waals surface area contributed by atoms with E-state index in [1.807, 2.05) is 0 Å². The Kier molecular flexibility index (Phi) is 7.00. The lowest BCUT2D eigenvalue weighted by Gasteiger charge is -2.45. The average Bonchev–Trinajstić information content (AvgIpc) is 2.66. The predicted molar refractivity (Wildman–Crippen MR) is 102 cm³/mol. The Bertz CT molecular complexity index is 423. The fourth-order valence-corrected chi connectivity index (χ4v) is 4.89. The third-order valence-electron chi connectivity index (χ3n) is 6.32. The summed E-state index contributed by atoms with van der Waals surface area (Å²) in [5.41, 5.74) is 0.314. The molecule has 0 radical (unpaired) electrons. The van der Waals surface area contributed by atoms with E-state index >= 15 is 0 Å². The molecule has 0 aromatic carbocycles. The topological polar surface area (TPSA) is 57.1 Å². The van der Waals surface area contributed by atoms with E-state index in [0.29, 0.717) is 17.9 Å². The normalized spacial score (nSPS) is 30.5. The number of nitrogens with one attached hydrogen (secondary N) is 1. The van der Waals surface area contributed by atoms with Gasteiger partial charge in [-0.3, -0.25) is 4.99 Å². The molecule has 144 valence electrons. The summed E-state index contributed by atoms with van der Waals surface area (Å²) < 4.78 is 5.80. The molecule has 5 nitrogen and oxygen atoms in total. The van der Waals surface area contributed by atoms with Crippen molar-refractivity contribution in [2.75, 3.05) is 39.4 Å². The Hall–Kier alpha value is -0.810. The van der Waals surface area contributed by atoms with Crippen molar-refractivity contribution in [2.24, 2.45) is 16.3 Å². The lowest BCUT2D eigenvalue weighted by Crippen LogP contribution is -2.53. The maximum absolute atomic E-state index is 10.6. The number of ether oxygens (including phenoxy) is 1. The van der Waals surface area contributed by atoms with Crippen LogP contribution < -0.4 is 5.32 Å². The highest BCUT2D eigenvalue weighted by molar-refractivity contribution is 5.80. The quantitative estimate of drug-likeness (QED) is 0.604. The van der Waals surface area contributed by atoms with E-state index in [4.69, 9.17) is 9.73 Å². The second kappa shape index (κ2) is 9.22. The summed E-state index contributed by atoms with van der Waals surface area (Å²) in [7, 11) is 0. The molecule has 3 rings (SSSR count). The summed E-state index contributed by atoms with van der Waals surface area (Å²) in [6.45, 7) is 7.45. The van der Waals surface area contributed by atoms with E-state index in [1.165, 1.54) is 44.9 Å². The monoisotopic (exact) mass is 351 g/mol. The Labute approximate surface area is 153 Å². The fraction of sp³-hybridized carbons (Fsp3) is 0.950. The molecule has 0 amide bonds. The zero-order valence-corrected chi connectivity index (χ0v) is 16.0. The van der Waals surface area contributed by atoms with Gasteiger partial charge in [-0.1, -0.05) is 19.3 Å². The largest absolute Gasteiger partial charge is 0.391 e. The number of hydrogen-bond donors (Lipinski definition) is 2. The molecule has 3 aliphatic rings. The molecule has 0 aromatic rings. The molecule has 2 N–H and O–H groups in total. The molecule has 2 aliphatic heterocycles. The van der Waals surface area contributed by atoms with Gasteiger partial charge in [-0.25, -0.2) is 0 Å².